The molecular weight excluding hydrogens is 629 g/mol. The lowest BCUT2D eigenvalue weighted by Crippen LogP contribution is -1.99. The zero-order valence-electron chi connectivity index (χ0n) is 26.9. The van der Waals surface area contributed by atoms with Crippen LogP contribution in [0.1, 0.15) is 0 Å². The van der Waals surface area contributed by atoms with Gasteiger partial charge in [0.15, 0.2) is 17.5 Å². The van der Waals surface area contributed by atoms with E-state index in [1.54, 1.807) is 0 Å². The Labute approximate surface area is 292 Å². The summed E-state index contributed by atoms with van der Waals surface area (Å²) in [6.07, 6.45) is 0. The molecule has 0 saturated carbocycles. The summed E-state index contributed by atoms with van der Waals surface area (Å²) >= 11 is 1.81. The van der Waals surface area contributed by atoms with Crippen LogP contribution in [0, 0.1) is 0 Å². The van der Waals surface area contributed by atoms with Gasteiger partial charge in [0.1, 0.15) is 0 Å². The van der Waals surface area contributed by atoms with Gasteiger partial charge < -0.3 is 4.57 Å². The van der Waals surface area contributed by atoms with Crippen LogP contribution in [0.4, 0.5) is 0 Å². The number of thiophene rings is 1. The van der Waals surface area contributed by atoms with Crippen LogP contribution in [0.15, 0.2) is 170 Å². The van der Waals surface area contributed by atoms with Crippen molar-refractivity contribution in [2.75, 3.05) is 0 Å². The van der Waals surface area contributed by atoms with E-state index in [0.717, 1.165) is 22.4 Å². The predicted octanol–water partition coefficient (Wildman–Crippen LogP) is 12.0. The summed E-state index contributed by atoms with van der Waals surface area (Å²) in [6, 6.07) is 59.8. The van der Waals surface area contributed by atoms with Gasteiger partial charge in [-0.3, -0.25) is 0 Å². The molecule has 0 amide bonds. The van der Waals surface area contributed by atoms with Crippen molar-refractivity contribution in [3.05, 3.63) is 170 Å². The highest BCUT2D eigenvalue weighted by molar-refractivity contribution is 7.25. The van der Waals surface area contributed by atoms with Crippen molar-refractivity contribution in [2.45, 2.75) is 0 Å². The summed E-state index contributed by atoms with van der Waals surface area (Å²) < 4.78 is 4.84. The lowest BCUT2D eigenvalue weighted by atomic mass is 10.0. The third-order valence-corrected chi connectivity index (χ3v) is 10.6. The molecule has 0 bridgehead atoms. The maximum Gasteiger partial charge on any atom is 0.164 e. The SMILES string of the molecule is c1ccc(-c2ccc3c(c2)c2ccccc2n3-c2ccc3c(c2)sc2cc(-c4nc(-c5ccccc5)nc(-c5ccccc5)n4)ccc23)cc1. The number of para-hydroxylation sites is 1. The van der Waals surface area contributed by atoms with E-state index in [9.17, 15) is 0 Å². The van der Waals surface area contributed by atoms with Crippen LogP contribution in [0.25, 0.3) is 93.0 Å². The van der Waals surface area contributed by atoms with Crippen molar-refractivity contribution in [2.24, 2.45) is 0 Å². The zero-order chi connectivity index (χ0) is 33.0. The second-order valence-corrected chi connectivity index (χ2v) is 13.6. The zero-order valence-corrected chi connectivity index (χ0v) is 27.7. The molecule has 0 fully saturated rings. The standard InChI is InChI=1S/C45H28N4S/c1-4-12-29(13-5-1)32-21-25-40-38(26-32)35-18-10-11-19-39(35)49(40)34-22-24-37-36-23-20-33(27-41(36)50-42(37)28-34)45-47-43(30-14-6-2-7-15-30)46-44(48-45)31-16-8-3-9-17-31/h1-28H. The van der Waals surface area contributed by atoms with Gasteiger partial charge in [0.05, 0.1) is 11.0 Å². The molecule has 4 nitrogen and oxygen atoms in total. The molecule has 0 atom stereocenters. The van der Waals surface area contributed by atoms with Crippen molar-refractivity contribution in [1.82, 2.24) is 19.5 Å². The first-order valence-corrected chi connectivity index (χ1v) is 17.5. The van der Waals surface area contributed by atoms with Crippen LogP contribution in [0.5, 0.6) is 0 Å². The van der Waals surface area contributed by atoms with Crippen LogP contribution < -0.4 is 0 Å². The third kappa shape index (κ3) is 4.79. The maximum absolute atomic E-state index is 4.97. The summed E-state index contributed by atoms with van der Waals surface area (Å²) in [6.45, 7) is 0. The minimum Gasteiger partial charge on any atom is -0.309 e. The van der Waals surface area contributed by atoms with E-state index < -0.39 is 0 Å². The lowest BCUT2D eigenvalue weighted by molar-refractivity contribution is 1.07. The quantitative estimate of drug-likeness (QED) is 0.185. The molecule has 3 heterocycles. The minimum atomic E-state index is 0.664. The Morgan fingerprint density at radius 2 is 0.860 bits per heavy atom. The minimum absolute atomic E-state index is 0.664. The Bertz CT molecular complexity index is 2800. The van der Waals surface area contributed by atoms with E-state index in [-0.39, 0.29) is 0 Å². The second kappa shape index (κ2) is 11.6. The Morgan fingerprint density at radius 3 is 1.54 bits per heavy atom. The van der Waals surface area contributed by atoms with Gasteiger partial charge in [-0.15, -0.1) is 11.3 Å². The van der Waals surface area contributed by atoms with Crippen molar-refractivity contribution in [3.63, 3.8) is 0 Å². The van der Waals surface area contributed by atoms with E-state index in [2.05, 4.69) is 114 Å². The molecule has 0 spiro atoms. The average molecular weight is 657 g/mol. The first-order chi connectivity index (χ1) is 24.8. The van der Waals surface area contributed by atoms with E-state index >= 15 is 0 Å². The molecule has 10 aromatic rings. The van der Waals surface area contributed by atoms with E-state index in [1.165, 1.54) is 53.1 Å². The number of hydrogen-bond donors (Lipinski definition) is 0. The van der Waals surface area contributed by atoms with Gasteiger partial charge in [-0.25, -0.2) is 15.0 Å². The molecule has 50 heavy (non-hydrogen) atoms. The highest BCUT2D eigenvalue weighted by Gasteiger charge is 2.17. The molecule has 7 aromatic carbocycles. The van der Waals surface area contributed by atoms with Gasteiger partial charge in [0.2, 0.25) is 0 Å². The topological polar surface area (TPSA) is 43.6 Å². The molecule has 3 aromatic heterocycles. The fraction of sp³-hybridized carbons (Fsp3) is 0. The van der Waals surface area contributed by atoms with E-state index in [0.29, 0.717) is 17.5 Å². The monoisotopic (exact) mass is 656 g/mol. The molecule has 0 aliphatic heterocycles. The van der Waals surface area contributed by atoms with Gasteiger partial charge in [0.25, 0.3) is 0 Å². The Balaban J connectivity index is 1.10. The number of benzene rings is 7. The molecule has 0 aliphatic carbocycles. The third-order valence-electron chi connectivity index (χ3n) is 9.45. The molecule has 234 valence electrons. The molecule has 0 unspecified atom stereocenters. The van der Waals surface area contributed by atoms with Crippen molar-refractivity contribution < 1.29 is 0 Å². The van der Waals surface area contributed by atoms with Gasteiger partial charge in [-0.2, -0.15) is 0 Å². The fourth-order valence-corrected chi connectivity index (χ4v) is 8.22. The summed E-state index contributed by atoms with van der Waals surface area (Å²) in [5.41, 5.74) is 8.90. The molecule has 5 heteroatoms. The smallest absolute Gasteiger partial charge is 0.164 e. The number of hydrogen-bond acceptors (Lipinski definition) is 4. The van der Waals surface area contributed by atoms with Crippen LogP contribution in [0.3, 0.4) is 0 Å². The average Bonchev–Trinajstić information content (AvgIpc) is 3.73. The van der Waals surface area contributed by atoms with Crippen molar-refractivity contribution in [1.29, 1.82) is 0 Å². The highest BCUT2D eigenvalue weighted by atomic mass is 32.1. The van der Waals surface area contributed by atoms with Crippen LogP contribution in [-0.2, 0) is 0 Å². The number of aromatic nitrogens is 4. The van der Waals surface area contributed by atoms with E-state index in [1.807, 2.05) is 72.0 Å². The molecule has 0 aliphatic rings. The van der Waals surface area contributed by atoms with Crippen molar-refractivity contribution >= 4 is 53.3 Å². The Morgan fingerprint density at radius 1 is 0.340 bits per heavy atom. The van der Waals surface area contributed by atoms with Gasteiger partial charge in [-0.1, -0.05) is 133 Å². The lowest BCUT2D eigenvalue weighted by Gasteiger charge is -2.09. The summed E-state index contributed by atoms with van der Waals surface area (Å²) in [7, 11) is 0. The van der Waals surface area contributed by atoms with Gasteiger partial charge >= 0.3 is 0 Å². The number of fused-ring (bicyclic) bond motifs is 6. The van der Waals surface area contributed by atoms with Crippen LogP contribution in [-0.4, -0.2) is 19.5 Å². The summed E-state index contributed by atoms with van der Waals surface area (Å²) in [5.74, 6) is 1.99. The van der Waals surface area contributed by atoms with Crippen molar-refractivity contribution in [3.8, 4) is 51.0 Å². The summed E-state index contributed by atoms with van der Waals surface area (Å²) in [5, 5.41) is 4.99. The van der Waals surface area contributed by atoms with Gasteiger partial charge in [0, 0.05) is 53.3 Å². The molecule has 0 saturated heterocycles. The first kappa shape index (κ1) is 28.6. The normalized spacial score (nSPS) is 11.6. The Kier molecular flexibility index (Phi) is 6.64. The second-order valence-electron chi connectivity index (χ2n) is 12.5. The number of rotatable bonds is 5. The largest absolute Gasteiger partial charge is 0.309 e. The predicted molar refractivity (Wildman–Crippen MR) is 209 cm³/mol. The molecule has 10 rings (SSSR count). The molecular formula is C45H28N4S. The molecule has 0 N–H and O–H groups in total. The maximum atomic E-state index is 4.97. The van der Waals surface area contributed by atoms with E-state index in [4.69, 9.17) is 15.0 Å². The summed E-state index contributed by atoms with van der Waals surface area (Å²) in [4.78, 5) is 14.8. The molecule has 0 radical (unpaired) electrons. The highest BCUT2D eigenvalue weighted by Crippen LogP contribution is 2.40. The number of nitrogens with zero attached hydrogens (tertiary/aromatic N) is 4. The first-order valence-electron chi connectivity index (χ1n) is 16.7. The van der Waals surface area contributed by atoms with Crippen LogP contribution >= 0.6 is 11.3 Å². The Hall–Kier alpha value is -6.43. The van der Waals surface area contributed by atoms with Gasteiger partial charge in [-0.05, 0) is 47.5 Å². The fourth-order valence-electron chi connectivity index (χ4n) is 7.04. The van der Waals surface area contributed by atoms with Crippen LogP contribution in [0.2, 0.25) is 0 Å².